The molecule has 1 saturated heterocycles. The third kappa shape index (κ3) is 6.29. The van der Waals surface area contributed by atoms with E-state index in [1.165, 1.54) is 0 Å². The van der Waals surface area contributed by atoms with Crippen molar-refractivity contribution in [1.29, 1.82) is 0 Å². The molecule has 2 heterocycles. The molecular weight excluding hydrogens is 294 g/mol. The molecule has 1 amide bonds. The lowest BCUT2D eigenvalue weighted by Crippen LogP contribution is -2.47. The lowest BCUT2D eigenvalue weighted by Gasteiger charge is -2.37. The highest BCUT2D eigenvalue weighted by atomic mass is 16.5. The maximum absolute atomic E-state index is 10.9. The number of hydrogen-bond acceptors (Lipinski definition) is 6. The van der Waals surface area contributed by atoms with E-state index in [0.717, 1.165) is 64.8 Å². The molecule has 1 unspecified atom stereocenters. The molecule has 0 aromatic carbocycles. The molecule has 2 aliphatic heterocycles. The van der Waals surface area contributed by atoms with Gasteiger partial charge in [-0.2, -0.15) is 0 Å². The lowest BCUT2D eigenvalue weighted by molar-refractivity contribution is -0.129. The third-order valence-corrected chi connectivity index (χ3v) is 4.28. The highest BCUT2D eigenvalue weighted by molar-refractivity contribution is 5.74. The first-order valence-corrected chi connectivity index (χ1v) is 8.64. The van der Waals surface area contributed by atoms with Crippen molar-refractivity contribution >= 4 is 12.1 Å². The van der Waals surface area contributed by atoms with Crippen LogP contribution >= 0.6 is 0 Å². The van der Waals surface area contributed by atoms with E-state index in [2.05, 4.69) is 26.3 Å². The Morgan fingerprint density at radius 1 is 1.26 bits per heavy atom. The summed E-state index contributed by atoms with van der Waals surface area (Å²) in [6, 6.07) is 0. The van der Waals surface area contributed by atoms with Crippen LogP contribution in [0.1, 0.15) is 38.5 Å². The lowest BCUT2D eigenvalue weighted by atomic mass is 10.1. The molecule has 7 nitrogen and oxygen atoms in total. The molecule has 2 rings (SSSR count). The van der Waals surface area contributed by atoms with Crippen LogP contribution in [0.25, 0.3) is 0 Å². The van der Waals surface area contributed by atoms with Gasteiger partial charge in [-0.25, -0.2) is 5.48 Å². The van der Waals surface area contributed by atoms with Crippen LogP contribution in [0.2, 0.25) is 0 Å². The van der Waals surface area contributed by atoms with Crippen molar-refractivity contribution in [2.24, 2.45) is 4.99 Å². The molecule has 0 spiro atoms. The summed E-state index contributed by atoms with van der Waals surface area (Å²) in [7, 11) is 0. The van der Waals surface area contributed by atoms with Gasteiger partial charge in [0.1, 0.15) is 0 Å². The van der Waals surface area contributed by atoms with Crippen molar-refractivity contribution in [3.05, 3.63) is 12.3 Å². The largest absolute Gasteiger partial charge is 0.344 e. The van der Waals surface area contributed by atoms with Gasteiger partial charge in [0.05, 0.1) is 0 Å². The Hall–Kier alpha value is -1.44. The highest BCUT2D eigenvalue weighted by Gasteiger charge is 2.23. The Labute approximate surface area is 138 Å². The van der Waals surface area contributed by atoms with Gasteiger partial charge in [-0.1, -0.05) is 12.8 Å². The number of aliphatic imine (C=N–C) groups is 1. The molecule has 0 aromatic heterocycles. The van der Waals surface area contributed by atoms with Gasteiger partial charge in [0.15, 0.2) is 6.29 Å². The Bertz CT molecular complexity index is 405. The fourth-order valence-corrected chi connectivity index (χ4v) is 3.02. The first kappa shape index (κ1) is 17.9. The zero-order chi connectivity index (χ0) is 16.3. The summed E-state index contributed by atoms with van der Waals surface area (Å²) in [5.74, 6) is -0.298. The van der Waals surface area contributed by atoms with Crippen LogP contribution in [-0.2, 0) is 4.79 Å². The maximum Gasteiger partial charge on any atom is 0.243 e. The van der Waals surface area contributed by atoms with Crippen molar-refractivity contribution < 1.29 is 10.0 Å². The van der Waals surface area contributed by atoms with Crippen LogP contribution in [0, 0.1) is 0 Å². The van der Waals surface area contributed by atoms with E-state index in [1.54, 1.807) is 5.48 Å². The minimum atomic E-state index is -0.298. The monoisotopic (exact) mass is 323 g/mol. The van der Waals surface area contributed by atoms with Crippen LogP contribution in [0.3, 0.4) is 0 Å². The number of unbranched alkanes of at least 4 members (excludes halogenated alkanes) is 3. The predicted molar refractivity (Wildman–Crippen MR) is 90.2 cm³/mol. The molecule has 0 saturated carbocycles. The van der Waals surface area contributed by atoms with Crippen LogP contribution in [0.4, 0.5) is 0 Å². The summed E-state index contributed by atoms with van der Waals surface area (Å²) < 4.78 is 0. The fourth-order valence-electron chi connectivity index (χ4n) is 3.02. The second-order valence-electron chi connectivity index (χ2n) is 6.06. The highest BCUT2D eigenvalue weighted by Crippen LogP contribution is 2.15. The number of nitrogens with one attached hydrogen (secondary N) is 2. The summed E-state index contributed by atoms with van der Waals surface area (Å²) in [4.78, 5) is 20.3. The molecule has 1 atom stereocenters. The molecule has 2 aliphatic rings. The summed E-state index contributed by atoms with van der Waals surface area (Å²) in [6.07, 6.45) is 11.7. The van der Waals surface area contributed by atoms with E-state index in [9.17, 15) is 4.79 Å². The standard InChI is InChI=1S/C16H29N5O2/c22-15(19-23)7-3-1-2-4-11-20-13-6-9-18-16(20)21-12-5-8-17-10-14-21/h6,9,13,16-17,23H,1-5,7-8,10-12,14H2,(H,19,22). The number of carbonyl (C=O) groups excluding carboxylic acids is 1. The number of hydrogen-bond donors (Lipinski definition) is 3. The maximum atomic E-state index is 10.9. The van der Waals surface area contributed by atoms with Gasteiger partial charge in [0.2, 0.25) is 5.91 Å². The quantitative estimate of drug-likeness (QED) is 0.352. The average Bonchev–Trinajstić information content (AvgIpc) is 2.87. The summed E-state index contributed by atoms with van der Waals surface area (Å²) in [6.45, 7) is 5.20. The van der Waals surface area contributed by atoms with Crippen molar-refractivity contribution in [2.75, 3.05) is 32.7 Å². The van der Waals surface area contributed by atoms with Gasteiger partial charge in [0, 0.05) is 45.0 Å². The Kier molecular flexibility index (Phi) is 8.06. The number of carbonyl (C=O) groups is 1. The van der Waals surface area contributed by atoms with Crippen molar-refractivity contribution in [2.45, 2.75) is 44.8 Å². The van der Waals surface area contributed by atoms with Crippen molar-refractivity contribution in [1.82, 2.24) is 20.6 Å². The second-order valence-corrected chi connectivity index (χ2v) is 6.06. The number of amides is 1. The van der Waals surface area contributed by atoms with Crippen LogP contribution in [-0.4, -0.2) is 66.1 Å². The zero-order valence-electron chi connectivity index (χ0n) is 13.8. The number of allylic oxidation sites excluding steroid dienone is 1. The van der Waals surface area contributed by atoms with Crippen LogP contribution < -0.4 is 10.8 Å². The number of rotatable bonds is 8. The van der Waals surface area contributed by atoms with Crippen LogP contribution in [0.15, 0.2) is 17.3 Å². The third-order valence-electron chi connectivity index (χ3n) is 4.28. The van der Waals surface area contributed by atoms with Gasteiger partial charge in [-0.3, -0.25) is 19.9 Å². The Morgan fingerprint density at radius 2 is 2.13 bits per heavy atom. The molecule has 0 radical (unpaired) electrons. The van der Waals surface area contributed by atoms with Gasteiger partial charge in [-0.15, -0.1) is 0 Å². The van der Waals surface area contributed by atoms with E-state index in [0.29, 0.717) is 6.42 Å². The molecule has 3 N–H and O–H groups in total. The van der Waals surface area contributed by atoms with Gasteiger partial charge in [-0.05, 0) is 31.9 Å². The minimum absolute atomic E-state index is 0.125. The van der Waals surface area contributed by atoms with E-state index in [-0.39, 0.29) is 12.2 Å². The Balaban J connectivity index is 1.68. The van der Waals surface area contributed by atoms with Crippen molar-refractivity contribution in [3.63, 3.8) is 0 Å². The molecule has 23 heavy (non-hydrogen) atoms. The van der Waals surface area contributed by atoms with Gasteiger partial charge >= 0.3 is 0 Å². The van der Waals surface area contributed by atoms with Gasteiger partial charge in [0.25, 0.3) is 0 Å². The zero-order valence-corrected chi connectivity index (χ0v) is 13.8. The van der Waals surface area contributed by atoms with E-state index in [1.807, 2.05) is 12.3 Å². The second kappa shape index (κ2) is 10.4. The normalized spacial score (nSPS) is 22.1. The van der Waals surface area contributed by atoms with Gasteiger partial charge < -0.3 is 10.2 Å². The molecule has 0 aromatic rings. The summed E-state index contributed by atoms with van der Waals surface area (Å²) in [5, 5.41) is 11.9. The fraction of sp³-hybridized carbons (Fsp3) is 0.750. The first-order valence-electron chi connectivity index (χ1n) is 8.64. The van der Waals surface area contributed by atoms with Crippen LogP contribution in [0.5, 0.6) is 0 Å². The predicted octanol–water partition coefficient (Wildman–Crippen LogP) is 0.921. The smallest absolute Gasteiger partial charge is 0.243 e. The average molecular weight is 323 g/mol. The topological polar surface area (TPSA) is 80.2 Å². The van der Waals surface area contributed by atoms with E-state index >= 15 is 0 Å². The molecule has 7 heteroatoms. The Morgan fingerprint density at radius 3 is 3.00 bits per heavy atom. The molecular formula is C16H29N5O2. The number of nitrogens with zero attached hydrogens (tertiary/aromatic N) is 3. The van der Waals surface area contributed by atoms with Crippen molar-refractivity contribution in [3.8, 4) is 0 Å². The molecule has 130 valence electrons. The number of hydroxylamine groups is 1. The molecule has 1 fully saturated rings. The molecule has 0 aliphatic carbocycles. The summed E-state index contributed by atoms with van der Waals surface area (Å²) >= 11 is 0. The SMILES string of the molecule is O=C(CCCCCCN1C=CC=NC1N1CCCNCC1)NO. The first-order chi connectivity index (χ1) is 11.3. The van der Waals surface area contributed by atoms with E-state index in [4.69, 9.17) is 5.21 Å². The minimum Gasteiger partial charge on any atom is -0.344 e. The summed E-state index contributed by atoms with van der Waals surface area (Å²) in [5.41, 5.74) is 1.67. The molecule has 0 bridgehead atoms. The van der Waals surface area contributed by atoms with E-state index < -0.39 is 0 Å².